The molecular formula is C10H13N5O. The minimum absolute atomic E-state index is 0.0771. The molecule has 0 aromatic carbocycles. The summed E-state index contributed by atoms with van der Waals surface area (Å²) in [4.78, 5) is 18.5. The molecule has 16 heavy (non-hydrogen) atoms. The third-order valence-corrected chi connectivity index (χ3v) is 2.34. The first-order chi connectivity index (χ1) is 7.77. The van der Waals surface area contributed by atoms with E-state index in [9.17, 15) is 4.79 Å². The maximum atomic E-state index is 11.7. The Morgan fingerprint density at radius 1 is 1.69 bits per heavy atom. The molecule has 6 nitrogen and oxygen atoms in total. The van der Waals surface area contributed by atoms with Gasteiger partial charge in [0.15, 0.2) is 0 Å². The van der Waals surface area contributed by atoms with Crippen molar-refractivity contribution < 1.29 is 4.79 Å². The second-order valence-electron chi connectivity index (χ2n) is 3.49. The average molecular weight is 219 g/mol. The largest absolute Gasteiger partial charge is 0.367 e. The fraction of sp³-hybridized carbons (Fsp3) is 0.300. The van der Waals surface area contributed by atoms with Gasteiger partial charge in [-0.2, -0.15) is 5.10 Å². The van der Waals surface area contributed by atoms with Gasteiger partial charge < -0.3 is 10.3 Å². The number of carbonyl (C=O) groups excluding carboxylic acids is 1. The van der Waals surface area contributed by atoms with Crippen LogP contribution in [0.15, 0.2) is 31.1 Å². The molecular weight excluding hydrogens is 206 g/mol. The van der Waals surface area contributed by atoms with E-state index in [1.165, 1.54) is 17.3 Å². The average Bonchev–Trinajstić information content (AvgIpc) is 2.96. The first-order valence-corrected chi connectivity index (χ1v) is 5.01. The molecule has 0 aliphatic rings. The standard InChI is InChI=1S/C10H13N5O/c1-8(15-7-12-6-14-15)10(16)13-5-9-2-3-11-4-9/h2-4,6-8,11H,5H2,1H3,(H,13,16). The molecule has 0 aliphatic carbocycles. The summed E-state index contributed by atoms with van der Waals surface area (Å²) in [5.74, 6) is -0.0771. The summed E-state index contributed by atoms with van der Waals surface area (Å²) < 4.78 is 1.52. The Hall–Kier alpha value is -2.11. The van der Waals surface area contributed by atoms with E-state index >= 15 is 0 Å². The second kappa shape index (κ2) is 4.61. The molecule has 0 radical (unpaired) electrons. The van der Waals surface area contributed by atoms with E-state index in [0.29, 0.717) is 6.54 Å². The molecule has 0 aliphatic heterocycles. The van der Waals surface area contributed by atoms with Gasteiger partial charge in [0.05, 0.1) is 0 Å². The molecule has 84 valence electrons. The third kappa shape index (κ3) is 2.28. The summed E-state index contributed by atoms with van der Waals surface area (Å²) in [7, 11) is 0. The zero-order valence-electron chi connectivity index (χ0n) is 8.92. The van der Waals surface area contributed by atoms with Crippen LogP contribution in [-0.4, -0.2) is 25.7 Å². The van der Waals surface area contributed by atoms with Crippen LogP contribution in [0.1, 0.15) is 18.5 Å². The molecule has 0 saturated heterocycles. The fourth-order valence-corrected chi connectivity index (χ4v) is 1.34. The van der Waals surface area contributed by atoms with Gasteiger partial charge in [-0.25, -0.2) is 9.67 Å². The lowest BCUT2D eigenvalue weighted by atomic mass is 10.3. The van der Waals surface area contributed by atoms with Gasteiger partial charge >= 0.3 is 0 Å². The number of amides is 1. The number of aromatic nitrogens is 4. The predicted octanol–water partition coefficient (Wildman–Crippen LogP) is 0.484. The van der Waals surface area contributed by atoms with Gasteiger partial charge in [0.2, 0.25) is 5.91 Å². The number of nitrogens with zero attached hydrogens (tertiary/aromatic N) is 3. The molecule has 0 bridgehead atoms. The van der Waals surface area contributed by atoms with E-state index in [1.54, 1.807) is 6.92 Å². The number of hydrogen-bond acceptors (Lipinski definition) is 3. The highest BCUT2D eigenvalue weighted by atomic mass is 16.2. The van der Waals surface area contributed by atoms with E-state index in [0.717, 1.165) is 5.56 Å². The van der Waals surface area contributed by atoms with Crippen LogP contribution < -0.4 is 5.32 Å². The van der Waals surface area contributed by atoms with Crippen molar-refractivity contribution in [2.75, 3.05) is 0 Å². The summed E-state index contributed by atoms with van der Waals surface area (Å²) in [6.45, 7) is 2.29. The normalized spacial score (nSPS) is 12.3. The number of H-pyrrole nitrogens is 1. The number of carbonyl (C=O) groups is 1. The van der Waals surface area contributed by atoms with Crippen molar-refractivity contribution in [2.24, 2.45) is 0 Å². The van der Waals surface area contributed by atoms with E-state index in [1.807, 2.05) is 18.5 Å². The number of rotatable bonds is 4. The first-order valence-electron chi connectivity index (χ1n) is 5.01. The van der Waals surface area contributed by atoms with Crippen LogP contribution in [0.3, 0.4) is 0 Å². The van der Waals surface area contributed by atoms with Crippen LogP contribution in [0.4, 0.5) is 0 Å². The number of nitrogens with one attached hydrogen (secondary N) is 2. The topological polar surface area (TPSA) is 75.6 Å². The van der Waals surface area contributed by atoms with E-state index in [4.69, 9.17) is 0 Å². The van der Waals surface area contributed by atoms with Gasteiger partial charge in [0, 0.05) is 18.9 Å². The lowest BCUT2D eigenvalue weighted by Crippen LogP contribution is -2.30. The molecule has 0 spiro atoms. The predicted molar refractivity (Wildman–Crippen MR) is 57.4 cm³/mol. The van der Waals surface area contributed by atoms with E-state index < -0.39 is 0 Å². The Morgan fingerprint density at radius 3 is 3.19 bits per heavy atom. The van der Waals surface area contributed by atoms with Gasteiger partial charge in [-0.15, -0.1) is 0 Å². The Morgan fingerprint density at radius 2 is 2.56 bits per heavy atom. The van der Waals surface area contributed by atoms with Crippen LogP contribution in [0, 0.1) is 0 Å². The van der Waals surface area contributed by atoms with Crippen molar-refractivity contribution >= 4 is 5.91 Å². The summed E-state index contributed by atoms with van der Waals surface area (Å²) in [6, 6.07) is 1.57. The molecule has 1 amide bonds. The van der Waals surface area contributed by atoms with Crippen LogP contribution >= 0.6 is 0 Å². The van der Waals surface area contributed by atoms with Crippen LogP contribution in [-0.2, 0) is 11.3 Å². The van der Waals surface area contributed by atoms with E-state index in [2.05, 4.69) is 20.4 Å². The quantitative estimate of drug-likeness (QED) is 0.785. The molecule has 2 rings (SSSR count). The Balaban J connectivity index is 1.89. The molecule has 0 fully saturated rings. The Kier molecular flexibility index (Phi) is 3.00. The zero-order chi connectivity index (χ0) is 11.4. The monoisotopic (exact) mass is 219 g/mol. The smallest absolute Gasteiger partial charge is 0.244 e. The zero-order valence-corrected chi connectivity index (χ0v) is 8.92. The molecule has 2 aromatic heterocycles. The van der Waals surface area contributed by atoms with Crippen LogP contribution in [0.2, 0.25) is 0 Å². The van der Waals surface area contributed by atoms with Crippen molar-refractivity contribution in [1.82, 2.24) is 25.1 Å². The lowest BCUT2D eigenvalue weighted by molar-refractivity contribution is -0.124. The van der Waals surface area contributed by atoms with Crippen LogP contribution in [0.25, 0.3) is 0 Å². The maximum absolute atomic E-state index is 11.7. The first kappa shape index (κ1) is 10.4. The van der Waals surface area contributed by atoms with E-state index in [-0.39, 0.29) is 11.9 Å². The van der Waals surface area contributed by atoms with Gasteiger partial charge in [0.1, 0.15) is 18.7 Å². The maximum Gasteiger partial charge on any atom is 0.244 e. The van der Waals surface area contributed by atoms with Crippen molar-refractivity contribution in [3.63, 3.8) is 0 Å². The summed E-state index contributed by atoms with van der Waals surface area (Å²) in [6.07, 6.45) is 6.61. The summed E-state index contributed by atoms with van der Waals surface area (Å²) in [5.41, 5.74) is 1.04. The van der Waals surface area contributed by atoms with Gasteiger partial charge in [-0.1, -0.05) is 0 Å². The fourth-order valence-electron chi connectivity index (χ4n) is 1.34. The highest BCUT2D eigenvalue weighted by Crippen LogP contribution is 2.03. The summed E-state index contributed by atoms with van der Waals surface area (Å²) >= 11 is 0. The number of aromatic amines is 1. The Bertz CT molecular complexity index is 434. The van der Waals surface area contributed by atoms with Crippen LogP contribution in [0.5, 0.6) is 0 Å². The molecule has 6 heteroatoms. The SMILES string of the molecule is CC(C(=O)NCc1cc[nH]c1)n1cncn1. The van der Waals surface area contributed by atoms with Crippen molar-refractivity contribution in [3.05, 3.63) is 36.7 Å². The van der Waals surface area contributed by atoms with Gasteiger partial charge in [-0.05, 0) is 18.6 Å². The minimum Gasteiger partial charge on any atom is -0.367 e. The minimum atomic E-state index is -0.346. The van der Waals surface area contributed by atoms with Gasteiger partial charge in [-0.3, -0.25) is 4.79 Å². The van der Waals surface area contributed by atoms with Crippen molar-refractivity contribution in [1.29, 1.82) is 0 Å². The van der Waals surface area contributed by atoms with Crippen molar-refractivity contribution in [3.8, 4) is 0 Å². The molecule has 1 atom stereocenters. The highest BCUT2D eigenvalue weighted by molar-refractivity contribution is 5.79. The molecule has 0 saturated carbocycles. The Labute approximate surface area is 92.7 Å². The second-order valence-corrected chi connectivity index (χ2v) is 3.49. The van der Waals surface area contributed by atoms with Gasteiger partial charge in [0.25, 0.3) is 0 Å². The van der Waals surface area contributed by atoms with Crippen molar-refractivity contribution in [2.45, 2.75) is 19.5 Å². The highest BCUT2D eigenvalue weighted by Gasteiger charge is 2.14. The third-order valence-electron chi connectivity index (χ3n) is 2.34. The lowest BCUT2D eigenvalue weighted by Gasteiger charge is -2.11. The molecule has 2 heterocycles. The molecule has 1 unspecified atom stereocenters. The summed E-state index contributed by atoms with van der Waals surface area (Å²) in [5, 5.41) is 6.75. The molecule has 2 N–H and O–H groups in total. The molecule has 2 aromatic rings. The number of hydrogen-bond donors (Lipinski definition) is 2.